The van der Waals surface area contributed by atoms with Gasteiger partial charge in [0.1, 0.15) is 5.82 Å². The summed E-state index contributed by atoms with van der Waals surface area (Å²) in [7, 11) is 0. The lowest BCUT2D eigenvalue weighted by Gasteiger charge is -2.38. The summed E-state index contributed by atoms with van der Waals surface area (Å²) in [5.41, 5.74) is 1.08. The minimum Gasteiger partial charge on any atom is -0.411 e. The third kappa shape index (κ3) is 2.90. The molecule has 0 aliphatic heterocycles. The van der Waals surface area contributed by atoms with Gasteiger partial charge in [0.25, 0.3) is 0 Å². The largest absolute Gasteiger partial charge is 0.411 e. The number of oxime groups is 1. The van der Waals surface area contributed by atoms with Crippen molar-refractivity contribution in [3.05, 3.63) is 34.6 Å². The van der Waals surface area contributed by atoms with Crippen LogP contribution in [0.15, 0.2) is 23.4 Å². The highest BCUT2D eigenvalue weighted by Gasteiger charge is 2.38. The minimum atomic E-state index is -0.506. The molecule has 0 aromatic heterocycles. The molecule has 1 aromatic rings. The lowest BCUT2D eigenvalue weighted by molar-refractivity contribution is -0.0592. The molecule has 0 heterocycles. The Morgan fingerprint density at radius 1 is 1.42 bits per heavy atom. The van der Waals surface area contributed by atoms with Gasteiger partial charge in [0.2, 0.25) is 0 Å². The number of halogens is 2. The van der Waals surface area contributed by atoms with Crippen LogP contribution in [0.5, 0.6) is 0 Å². The van der Waals surface area contributed by atoms with Crippen LogP contribution < -0.4 is 0 Å². The first-order valence-corrected chi connectivity index (χ1v) is 6.78. The summed E-state index contributed by atoms with van der Waals surface area (Å²) in [6, 6.07) is 4.40. The van der Waals surface area contributed by atoms with Crippen molar-refractivity contribution in [2.45, 2.75) is 38.2 Å². The van der Waals surface area contributed by atoms with Crippen LogP contribution in [0.2, 0.25) is 5.02 Å². The summed E-state index contributed by atoms with van der Waals surface area (Å²) >= 11 is 6.16. The molecule has 5 heteroatoms. The zero-order valence-corrected chi connectivity index (χ0v) is 11.6. The second-order valence-electron chi connectivity index (χ2n) is 4.72. The highest BCUT2D eigenvalue weighted by atomic mass is 35.5. The number of ether oxygens (including phenoxy) is 1. The van der Waals surface area contributed by atoms with E-state index in [9.17, 15) is 4.39 Å². The Morgan fingerprint density at radius 2 is 2.11 bits per heavy atom. The summed E-state index contributed by atoms with van der Waals surface area (Å²) < 4.78 is 19.1. The number of hydrogen-bond acceptors (Lipinski definition) is 3. The van der Waals surface area contributed by atoms with Crippen LogP contribution in [0.25, 0.3) is 0 Å². The Labute approximate surface area is 117 Å². The lowest BCUT2D eigenvalue weighted by Crippen LogP contribution is -2.35. The molecule has 0 atom stereocenters. The molecule has 1 aliphatic carbocycles. The fourth-order valence-electron chi connectivity index (χ4n) is 2.67. The van der Waals surface area contributed by atoms with Crippen LogP contribution in [0.1, 0.15) is 38.2 Å². The average molecular weight is 286 g/mol. The van der Waals surface area contributed by atoms with E-state index in [1.165, 1.54) is 12.1 Å². The van der Waals surface area contributed by atoms with Gasteiger partial charge in [0.15, 0.2) is 0 Å². The predicted molar refractivity (Wildman–Crippen MR) is 72.4 cm³/mol. The van der Waals surface area contributed by atoms with E-state index in [1.54, 1.807) is 6.07 Å². The van der Waals surface area contributed by atoms with Crippen LogP contribution >= 0.6 is 11.6 Å². The second-order valence-corrected chi connectivity index (χ2v) is 5.12. The zero-order chi connectivity index (χ0) is 13.9. The summed E-state index contributed by atoms with van der Waals surface area (Å²) in [5.74, 6) is -0.353. The van der Waals surface area contributed by atoms with Gasteiger partial charge in [0.05, 0.1) is 11.3 Å². The molecule has 1 N–H and O–H groups in total. The molecule has 1 aromatic carbocycles. The topological polar surface area (TPSA) is 41.8 Å². The fraction of sp³-hybridized carbons (Fsp3) is 0.500. The number of rotatable bonds is 3. The molecular weight excluding hydrogens is 269 g/mol. The highest BCUT2D eigenvalue weighted by molar-refractivity contribution is 6.31. The van der Waals surface area contributed by atoms with Gasteiger partial charge in [-0.25, -0.2) is 4.39 Å². The molecule has 0 unspecified atom stereocenters. The molecule has 1 saturated carbocycles. The van der Waals surface area contributed by atoms with E-state index in [0.29, 0.717) is 37.3 Å². The van der Waals surface area contributed by atoms with E-state index >= 15 is 0 Å². The minimum absolute atomic E-state index is 0.353. The smallest absolute Gasteiger partial charge is 0.124 e. The van der Waals surface area contributed by atoms with Crippen LogP contribution in [0.4, 0.5) is 4.39 Å². The third-order valence-electron chi connectivity index (χ3n) is 3.62. The van der Waals surface area contributed by atoms with E-state index < -0.39 is 5.60 Å². The van der Waals surface area contributed by atoms with E-state index in [0.717, 1.165) is 11.3 Å². The third-order valence-corrected chi connectivity index (χ3v) is 3.93. The molecule has 0 spiro atoms. The Morgan fingerprint density at radius 3 is 2.63 bits per heavy atom. The predicted octanol–water partition coefficient (Wildman–Crippen LogP) is 4.12. The van der Waals surface area contributed by atoms with E-state index in [1.807, 2.05) is 6.92 Å². The van der Waals surface area contributed by atoms with Gasteiger partial charge >= 0.3 is 0 Å². The summed E-state index contributed by atoms with van der Waals surface area (Å²) in [4.78, 5) is 0. The van der Waals surface area contributed by atoms with Crippen molar-refractivity contribution in [1.82, 2.24) is 0 Å². The molecule has 104 valence electrons. The Hall–Kier alpha value is -1.13. The zero-order valence-electron chi connectivity index (χ0n) is 10.8. The lowest BCUT2D eigenvalue weighted by atomic mass is 9.78. The Balaban J connectivity index is 2.34. The van der Waals surface area contributed by atoms with Gasteiger partial charge in [-0.15, -0.1) is 0 Å². The standard InChI is InChI=1S/C14H17ClFNO2/c1-2-19-14(7-5-11(17-18)6-8-14)12-4-3-10(16)9-13(12)15/h3-4,9,18H,2,5-8H2,1H3. The SMILES string of the molecule is CCOC1(c2ccc(F)cc2Cl)CCC(=NO)CC1. The normalized spacial score (nSPS) is 23.4. The fourth-order valence-corrected chi connectivity index (χ4v) is 3.01. The van der Waals surface area contributed by atoms with Gasteiger partial charge in [-0.3, -0.25) is 0 Å². The van der Waals surface area contributed by atoms with Crippen molar-refractivity contribution in [2.75, 3.05) is 6.61 Å². The average Bonchev–Trinajstić information content (AvgIpc) is 2.39. The van der Waals surface area contributed by atoms with Gasteiger partial charge in [-0.1, -0.05) is 22.8 Å². The second kappa shape index (κ2) is 5.88. The van der Waals surface area contributed by atoms with Gasteiger partial charge in [-0.05, 0) is 44.7 Å². The molecule has 1 aliphatic rings. The van der Waals surface area contributed by atoms with Crippen molar-refractivity contribution in [3.8, 4) is 0 Å². The summed E-state index contributed by atoms with van der Waals surface area (Å²) in [6.45, 7) is 2.48. The molecule has 0 radical (unpaired) electrons. The van der Waals surface area contributed by atoms with Crippen molar-refractivity contribution in [1.29, 1.82) is 0 Å². The van der Waals surface area contributed by atoms with Crippen molar-refractivity contribution >= 4 is 17.3 Å². The number of hydrogen-bond donors (Lipinski definition) is 1. The summed E-state index contributed by atoms with van der Waals surface area (Å²) in [5, 5.41) is 12.5. The maximum atomic E-state index is 13.2. The van der Waals surface area contributed by atoms with Crippen LogP contribution in [0.3, 0.4) is 0 Å². The van der Waals surface area contributed by atoms with Gasteiger partial charge in [-0.2, -0.15) is 0 Å². The van der Waals surface area contributed by atoms with Crippen molar-refractivity contribution < 1.29 is 14.3 Å². The first-order chi connectivity index (χ1) is 9.11. The highest BCUT2D eigenvalue weighted by Crippen LogP contribution is 2.42. The number of nitrogens with zero attached hydrogens (tertiary/aromatic N) is 1. The molecule has 2 rings (SSSR count). The molecule has 0 saturated heterocycles. The van der Waals surface area contributed by atoms with Crippen LogP contribution in [-0.4, -0.2) is 17.5 Å². The molecule has 1 fully saturated rings. The van der Waals surface area contributed by atoms with Gasteiger partial charge in [0, 0.05) is 17.2 Å². The van der Waals surface area contributed by atoms with Crippen LogP contribution in [-0.2, 0) is 10.3 Å². The molecule has 0 bridgehead atoms. The van der Waals surface area contributed by atoms with E-state index in [-0.39, 0.29) is 5.82 Å². The van der Waals surface area contributed by atoms with Crippen molar-refractivity contribution in [2.24, 2.45) is 5.16 Å². The Bertz CT molecular complexity index is 480. The molecule has 0 amide bonds. The maximum Gasteiger partial charge on any atom is 0.124 e. The number of benzene rings is 1. The quantitative estimate of drug-likeness (QED) is 0.670. The Kier molecular flexibility index (Phi) is 4.42. The van der Waals surface area contributed by atoms with E-state index in [4.69, 9.17) is 21.5 Å². The molecule has 19 heavy (non-hydrogen) atoms. The monoisotopic (exact) mass is 285 g/mol. The molecular formula is C14H17ClFNO2. The first-order valence-electron chi connectivity index (χ1n) is 6.40. The first kappa shape index (κ1) is 14.3. The van der Waals surface area contributed by atoms with Gasteiger partial charge < -0.3 is 9.94 Å². The molecule has 3 nitrogen and oxygen atoms in total. The van der Waals surface area contributed by atoms with Crippen molar-refractivity contribution in [3.63, 3.8) is 0 Å². The summed E-state index contributed by atoms with van der Waals surface area (Å²) in [6.07, 6.45) is 2.69. The van der Waals surface area contributed by atoms with Crippen LogP contribution in [0, 0.1) is 5.82 Å². The maximum absolute atomic E-state index is 13.2. The van der Waals surface area contributed by atoms with E-state index in [2.05, 4.69) is 5.16 Å².